The zero-order valence-corrected chi connectivity index (χ0v) is 10.8. The van der Waals surface area contributed by atoms with Crippen LogP contribution in [0.5, 0.6) is 0 Å². The number of carbonyl (C=O) groups excluding carboxylic acids is 1. The second-order valence-electron chi connectivity index (χ2n) is 3.73. The highest BCUT2D eigenvalue weighted by Crippen LogP contribution is 2.18. The molecular formula is C10H15IN2O2. The zero-order valence-electron chi connectivity index (χ0n) is 8.62. The number of amides is 2. The zero-order chi connectivity index (χ0) is 10.7. The van der Waals surface area contributed by atoms with Gasteiger partial charge in [0.2, 0.25) is 0 Å². The summed E-state index contributed by atoms with van der Waals surface area (Å²) in [5.74, 6) is 0. The molecule has 0 unspecified atom stereocenters. The maximum absolute atomic E-state index is 12.0. The molecule has 0 aromatic rings. The highest BCUT2D eigenvalue weighted by atomic mass is 127. The van der Waals surface area contributed by atoms with Crippen LogP contribution in [0.2, 0.25) is 0 Å². The number of nitrogens with zero attached hydrogens (tertiary/aromatic N) is 2. The maximum Gasteiger partial charge on any atom is 0.320 e. The summed E-state index contributed by atoms with van der Waals surface area (Å²) in [6.07, 6.45) is 3.12. The molecule has 2 amide bonds. The first-order valence-corrected chi connectivity index (χ1v) is 6.31. The predicted molar refractivity (Wildman–Crippen MR) is 66.1 cm³/mol. The summed E-state index contributed by atoms with van der Waals surface area (Å²) < 4.78 is 6.59. The molecule has 0 radical (unpaired) electrons. The van der Waals surface area contributed by atoms with Crippen LogP contribution in [0, 0.1) is 0 Å². The molecule has 0 spiro atoms. The van der Waals surface area contributed by atoms with Crippen LogP contribution >= 0.6 is 22.6 Å². The third kappa shape index (κ3) is 2.84. The lowest BCUT2D eigenvalue weighted by atomic mass is 10.2. The van der Waals surface area contributed by atoms with Crippen molar-refractivity contribution in [1.29, 1.82) is 0 Å². The van der Waals surface area contributed by atoms with Crippen molar-refractivity contribution < 1.29 is 9.53 Å². The van der Waals surface area contributed by atoms with Crippen LogP contribution in [0.1, 0.15) is 6.42 Å². The van der Waals surface area contributed by atoms with E-state index in [1.54, 1.807) is 0 Å². The summed E-state index contributed by atoms with van der Waals surface area (Å²) in [7, 11) is 0. The Hall–Kier alpha value is -0.300. The largest absolute Gasteiger partial charge is 0.378 e. The molecule has 2 aliphatic heterocycles. The molecule has 1 fully saturated rings. The van der Waals surface area contributed by atoms with Gasteiger partial charge in [-0.1, -0.05) is 6.08 Å². The molecule has 2 aliphatic rings. The van der Waals surface area contributed by atoms with Gasteiger partial charge >= 0.3 is 6.03 Å². The number of carbonyl (C=O) groups is 1. The van der Waals surface area contributed by atoms with E-state index in [-0.39, 0.29) is 6.03 Å². The van der Waals surface area contributed by atoms with Crippen LogP contribution in [0.4, 0.5) is 4.79 Å². The van der Waals surface area contributed by atoms with Crippen molar-refractivity contribution in [1.82, 2.24) is 9.80 Å². The second kappa shape index (κ2) is 5.16. The van der Waals surface area contributed by atoms with Gasteiger partial charge in [-0.25, -0.2) is 4.79 Å². The van der Waals surface area contributed by atoms with E-state index in [4.69, 9.17) is 4.74 Å². The van der Waals surface area contributed by atoms with Crippen molar-refractivity contribution in [3.05, 3.63) is 9.66 Å². The van der Waals surface area contributed by atoms with Gasteiger partial charge in [0.1, 0.15) is 0 Å². The minimum atomic E-state index is 0.165. The van der Waals surface area contributed by atoms with Crippen LogP contribution < -0.4 is 0 Å². The summed E-state index contributed by atoms with van der Waals surface area (Å²) >= 11 is 2.33. The molecule has 0 atom stereocenters. The lowest BCUT2D eigenvalue weighted by molar-refractivity contribution is 0.0440. The summed E-state index contributed by atoms with van der Waals surface area (Å²) in [6, 6.07) is 0.165. The third-order valence-corrected chi connectivity index (χ3v) is 3.69. The van der Waals surface area contributed by atoms with E-state index in [9.17, 15) is 4.79 Å². The first kappa shape index (κ1) is 11.2. The van der Waals surface area contributed by atoms with Crippen LogP contribution in [0.25, 0.3) is 0 Å². The number of morpholine rings is 1. The number of ether oxygens (including phenoxy) is 1. The summed E-state index contributed by atoms with van der Waals surface area (Å²) in [5.41, 5.74) is 0. The fourth-order valence-electron chi connectivity index (χ4n) is 1.77. The van der Waals surface area contributed by atoms with Gasteiger partial charge in [-0.2, -0.15) is 0 Å². The van der Waals surface area contributed by atoms with Gasteiger partial charge in [-0.15, -0.1) is 0 Å². The number of halogens is 1. The monoisotopic (exact) mass is 322 g/mol. The Kier molecular flexibility index (Phi) is 3.85. The highest BCUT2D eigenvalue weighted by molar-refractivity contribution is 14.1. The summed E-state index contributed by atoms with van der Waals surface area (Å²) in [5, 5.41) is 0. The summed E-state index contributed by atoms with van der Waals surface area (Å²) in [6.45, 7) is 4.42. The van der Waals surface area contributed by atoms with Gasteiger partial charge in [0.05, 0.1) is 13.2 Å². The molecule has 0 aromatic carbocycles. The minimum absolute atomic E-state index is 0.165. The average molecular weight is 322 g/mol. The van der Waals surface area contributed by atoms with Crippen molar-refractivity contribution in [3.8, 4) is 0 Å². The third-order valence-electron chi connectivity index (χ3n) is 2.71. The second-order valence-corrected chi connectivity index (χ2v) is 5.11. The Balaban J connectivity index is 1.90. The fourth-order valence-corrected chi connectivity index (χ4v) is 2.21. The van der Waals surface area contributed by atoms with Crippen LogP contribution in [-0.4, -0.2) is 55.2 Å². The highest BCUT2D eigenvalue weighted by Gasteiger charge is 2.23. The summed E-state index contributed by atoms with van der Waals surface area (Å²) in [4.78, 5) is 15.8. The molecule has 0 N–H and O–H groups in total. The smallest absolute Gasteiger partial charge is 0.320 e. The predicted octanol–water partition coefficient (Wildman–Crippen LogP) is 1.46. The molecule has 0 saturated carbocycles. The standard InChI is InChI=1S/C10H15IN2O2/c11-9-1-3-12(4-2-9)10(14)13-5-7-15-8-6-13/h1H,2-8H2. The van der Waals surface area contributed by atoms with Crippen LogP contribution in [-0.2, 0) is 4.74 Å². The SMILES string of the molecule is O=C(N1CC=C(I)CC1)N1CCOCC1. The first-order valence-electron chi connectivity index (χ1n) is 5.23. The van der Waals surface area contributed by atoms with Crippen LogP contribution in [0.15, 0.2) is 9.66 Å². The van der Waals surface area contributed by atoms with Gasteiger partial charge in [0, 0.05) is 26.2 Å². The molecule has 15 heavy (non-hydrogen) atoms. The number of hydrogen-bond acceptors (Lipinski definition) is 2. The van der Waals surface area contributed by atoms with Crippen LogP contribution in [0.3, 0.4) is 0 Å². The van der Waals surface area contributed by atoms with E-state index in [0.29, 0.717) is 13.2 Å². The lowest BCUT2D eigenvalue weighted by Gasteiger charge is -2.33. The maximum atomic E-state index is 12.0. The first-order chi connectivity index (χ1) is 7.27. The quantitative estimate of drug-likeness (QED) is 0.633. The Morgan fingerprint density at radius 3 is 2.60 bits per heavy atom. The Labute approximate surface area is 103 Å². The average Bonchev–Trinajstić information content (AvgIpc) is 2.30. The molecule has 2 rings (SSSR count). The molecule has 0 bridgehead atoms. The number of rotatable bonds is 0. The van der Waals surface area contributed by atoms with E-state index < -0.39 is 0 Å². The van der Waals surface area contributed by atoms with Crippen molar-refractivity contribution in [3.63, 3.8) is 0 Å². The Morgan fingerprint density at radius 2 is 2.00 bits per heavy atom. The molecule has 0 aliphatic carbocycles. The van der Waals surface area contributed by atoms with Crippen molar-refractivity contribution in [2.45, 2.75) is 6.42 Å². The van der Waals surface area contributed by atoms with E-state index in [1.807, 2.05) is 9.80 Å². The number of urea groups is 1. The van der Waals surface area contributed by atoms with Gasteiger partial charge in [0.25, 0.3) is 0 Å². The fraction of sp³-hybridized carbons (Fsp3) is 0.700. The van der Waals surface area contributed by atoms with Gasteiger partial charge < -0.3 is 14.5 Å². The van der Waals surface area contributed by atoms with Gasteiger partial charge in [-0.05, 0) is 32.6 Å². The molecule has 2 heterocycles. The van der Waals surface area contributed by atoms with E-state index >= 15 is 0 Å². The van der Waals surface area contributed by atoms with Crippen molar-refractivity contribution in [2.75, 3.05) is 39.4 Å². The molecule has 4 nitrogen and oxygen atoms in total. The van der Waals surface area contributed by atoms with Gasteiger partial charge in [0.15, 0.2) is 0 Å². The number of hydrogen-bond donors (Lipinski definition) is 0. The van der Waals surface area contributed by atoms with Gasteiger partial charge in [-0.3, -0.25) is 0 Å². The molecule has 0 aromatic heterocycles. The molecule has 5 heteroatoms. The molecule has 84 valence electrons. The van der Waals surface area contributed by atoms with Crippen molar-refractivity contribution in [2.24, 2.45) is 0 Å². The van der Waals surface area contributed by atoms with E-state index in [2.05, 4.69) is 28.7 Å². The minimum Gasteiger partial charge on any atom is -0.378 e. The van der Waals surface area contributed by atoms with E-state index in [0.717, 1.165) is 32.6 Å². The van der Waals surface area contributed by atoms with E-state index in [1.165, 1.54) is 3.58 Å². The molecular weight excluding hydrogens is 307 g/mol. The Morgan fingerprint density at radius 1 is 1.27 bits per heavy atom. The topological polar surface area (TPSA) is 32.8 Å². The normalized spacial score (nSPS) is 22.6. The lowest BCUT2D eigenvalue weighted by Crippen LogP contribution is -2.49. The Bertz CT molecular complexity index is 275. The molecule has 1 saturated heterocycles. The van der Waals surface area contributed by atoms with Crippen molar-refractivity contribution >= 4 is 28.6 Å².